The zero-order valence-corrected chi connectivity index (χ0v) is 11.1. The summed E-state index contributed by atoms with van der Waals surface area (Å²) in [6.45, 7) is 3.39. The number of amides is 1. The number of thioether (sulfide) groups is 1. The van der Waals surface area contributed by atoms with Crippen molar-refractivity contribution in [1.29, 1.82) is 0 Å². The molecule has 1 heterocycles. The Hall–Kier alpha value is -1.01. The number of nitrogens with one attached hydrogen (secondary N) is 1. The molecular weight excluding hydrogens is 238 g/mol. The van der Waals surface area contributed by atoms with Crippen molar-refractivity contribution < 1.29 is 9.53 Å². The van der Waals surface area contributed by atoms with Gasteiger partial charge in [-0.1, -0.05) is 6.92 Å². The molecule has 17 heavy (non-hydrogen) atoms. The maximum atomic E-state index is 11.5. The molecule has 0 spiro atoms. The lowest BCUT2D eigenvalue weighted by atomic mass is 10.4. The number of rotatable bonds is 8. The lowest BCUT2D eigenvalue weighted by Gasteiger charge is -2.01. The van der Waals surface area contributed by atoms with Gasteiger partial charge in [-0.05, 0) is 5.75 Å². The molecule has 0 aliphatic heterocycles. The van der Waals surface area contributed by atoms with E-state index in [0.717, 1.165) is 17.2 Å². The molecule has 1 aromatic rings. The Morgan fingerprint density at radius 3 is 3.18 bits per heavy atom. The van der Waals surface area contributed by atoms with E-state index in [9.17, 15) is 4.79 Å². The van der Waals surface area contributed by atoms with Gasteiger partial charge in [0.15, 0.2) is 0 Å². The van der Waals surface area contributed by atoms with E-state index >= 15 is 0 Å². The Bertz CT molecular complexity index is 341. The summed E-state index contributed by atoms with van der Waals surface area (Å²) in [6, 6.07) is 0. The number of anilines is 1. The quantitative estimate of drug-likeness (QED) is 0.719. The molecule has 0 aromatic carbocycles. The van der Waals surface area contributed by atoms with Crippen molar-refractivity contribution >= 4 is 23.4 Å². The Kier molecular flexibility index (Phi) is 6.73. The minimum atomic E-state index is 0.0391. The van der Waals surface area contributed by atoms with E-state index in [1.165, 1.54) is 0 Å². The fraction of sp³-hybridized carbons (Fsp3) is 0.636. The lowest BCUT2D eigenvalue weighted by Crippen LogP contribution is -2.11. The summed E-state index contributed by atoms with van der Waals surface area (Å²) in [4.78, 5) is 11.5. The van der Waals surface area contributed by atoms with Crippen LogP contribution in [0.1, 0.15) is 13.3 Å². The zero-order valence-electron chi connectivity index (χ0n) is 10.3. The topological polar surface area (TPSA) is 56.2 Å². The number of hydrogen-bond acceptors (Lipinski definition) is 4. The number of aromatic nitrogens is 2. The maximum absolute atomic E-state index is 11.5. The second-order valence-electron chi connectivity index (χ2n) is 3.48. The third-order valence-corrected chi connectivity index (χ3v) is 3.02. The molecule has 0 saturated carbocycles. The van der Waals surface area contributed by atoms with Gasteiger partial charge < -0.3 is 10.1 Å². The maximum Gasteiger partial charge on any atom is 0.225 e. The highest BCUT2D eigenvalue weighted by molar-refractivity contribution is 7.99. The minimum absolute atomic E-state index is 0.0391. The number of ether oxygens (including phenoxy) is 1. The molecule has 5 nitrogen and oxygen atoms in total. The summed E-state index contributed by atoms with van der Waals surface area (Å²) in [6.07, 6.45) is 4.01. The second kappa shape index (κ2) is 8.14. The van der Waals surface area contributed by atoms with E-state index < -0.39 is 0 Å². The third kappa shape index (κ3) is 5.74. The van der Waals surface area contributed by atoms with Crippen LogP contribution in [-0.4, -0.2) is 40.9 Å². The Morgan fingerprint density at radius 1 is 1.65 bits per heavy atom. The molecule has 0 bridgehead atoms. The van der Waals surface area contributed by atoms with E-state index in [1.54, 1.807) is 29.8 Å². The first-order chi connectivity index (χ1) is 8.26. The highest BCUT2D eigenvalue weighted by Gasteiger charge is 2.04. The van der Waals surface area contributed by atoms with E-state index in [-0.39, 0.29) is 5.91 Å². The van der Waals surface area contributed by atoms with Crippen molar-refractivity contribution in [1.82, 2.24) is 9.78 Å². The van der Waals surface area contributed by atoms with Gasteiger partial charge in [-0.15, -0.1) is 0 Å². The minimum Gasteiger partial charge on any atom is -0.383 e. The molecule has 1 rings (SSSR count). The number of carbonyl (C=O) groups excluding carboxylic acids is 1. The summed E-state index contributed by atoms with van der Waals surface area (Å²) in [5, 5.41) is 6.94. The van der Waals surface area contributed by atoms with E-state index in [1.807, 2.05) is 6.20 Å². The van der Waals surface area contributed by atoms with Gasteiger partial charge in [0, 0.05) is 25.5 Å². The molecule has 0 aliphatic carbocycles. The molecule has 0 saturated heterocycles. The van der Waals surface area contributed by atoms with Crippen molar-refractivity contribution in [3.8, 4) is 0 Å². The van der Waals surface area contributed by atoms with Crippen molar-refractivity contribution in [3.05, 3.63) is 12.4 Å². The van der Waals surface area contributed by atoms with Crippen LogP contribution in [0.15, 0.2) is 12.4 Å². The molecule has 1 N–H and O–H groups in total. The van der Waals surface area contributed by atoms with Gasteiger partial charge in [0.05, 0.1) is 25.0 Å². The van der Waals surface area contributed by atoms with Gasteiger partial charge in [-0.2, -0.15) is 16.9 Å². The monoisotopic (exact) mass is 257 g/mol. The summed E-state index contributed by atoms with van der Waals surface area (Å²) in [7, 11) is 1.65. The lowest BCUT2D eigenvalue weighted by molar-refractivity contribution is -0.115. The second-order valence-corrected chi connectivity index (χ2v) is 4.87. The highest BCUT2D eigenvalue weighted by atomic mass is 32.2. The summed E-state index contributed by atoms with van der Waals surface area (Å²) >= 11 is 1.77. The van der Waals surface area contributed by atoms with Crippen molar-refractivity contribution in [2.24, 2.45) is 0 Å². The van der Waals surface area contributed by atoms with Crippen LogP contribution >= 0.6 is 11.8 Å². The van der Waals surface area contributed by atoms with Gasteiger partial charge >= 0.3 is 0 Å². The average molecular weight is 257 g/mol. The normalized spacial score (nSPS) is 10.5. The molecule has 0 aliphatic rings. The number of nitrogens with zero attached hydrogens (tertiary/aromatic N) is 2. The van der Waals surface area contributed by atoms with Crippen LogP contribution < -0.4 is 5.32 Å². The zero-order chi connectivity index (χ0) is 12.5. The number of hydrogen-bond donors (Lipinski definition) is 1. The third-order valence-electron chi connectivity index (χ3n) is 2.12. The van der Waals surface area contributed by atoms with Crippen molar-refractivity contribution in [2.75, 3.05) is 30.5 Å². The molecule has 1 aromatic heterocycles. The molecule has 0 radical (unpaired) electrons. The van der Waals surface area contributed by atoms with Crippen LogP contribution in [0.4, 0.5) is 5.69 Å². The van der Waals surface area contributed by atoms with Crippen molar-refractivity contribution in [2.45, 2.75) is 19.9 Å². The van der Waals surface area contributed by atoms with Crippen LogP contribution in [0.25, 0.3) is 0 Å². The first-order valence-corrected chi connectivity index (χ1v) is 6.80. The fourth-order valence-electron chi connectivity index (χ4n) is 1.27. The molecule has 1 amide bonds. The largest absolute Gasteiger partial charge is 0.383 e. The van der Waals surface area contributed by atoms with E-state index in [4.69, 9.17) is 4.74 Å². The highest BCUT2D eigenvalue weighted by Crippen LogP contribution is 2.07. The van der Waals surface area contributed by atoms with Crippen LogP contribution in [-0.2, 0) is 16.1 Å². The van der Waals surface area contributed by atoms with Gasteiger partial charge in [-0.3, -0.25) is 9.48 Å². The predicted octanol–water partition coefficient (Wildman–Crippen LogP) is 1.61. The summed E-state index contributed by atoms with van der Waals surface area (Å²) < 4.78 is 6.70. The Morgan fingerprint density at radius 2 is 2.47 bits per heavy atom. The van der Waals surface area contributed by atoms with Crippen LogP contribution in [0, 0.1) is 0 Å². The molecule has 0 unspecified atom stereocenters. The van der Waals surface area contributed by atoms with Crippen LogP contribution in [0.2, 0.25) is 0 Å². The Balaban J connectivity index is 2.30. The smallest absolute Gasteiger partial charge is 0.225 e. The van der Waals surface area contributed by atoms with E-state index in [0.29, 0.717) is 19.6 Å². The molecule has 0 atom stereocenters. The van der Waals surface area contributed by atoms with Crippen LogP contribution in [0.5, 0.6) is 0 Å². The summed E-state index contributed by atoms with van der Waals surface area (Å²) in [5.74, 6) is 1.94. The van der Waals surface area contributed by atoms with E-state index in [2.05, 4.69) is 17.3 Å². The van der Waals surface area contributed by atoms with Gasteiger partial charge in [-0.25, -0.2) is 0 Å². The first-order valence-electron chi connectivity index (χ1n) is 5.65. The predicted molar refractivity (Wildman–Crippen MR) is 70.3 cm³/mol. The number of carbonyl (C=O) groups is 1. The standard InChI is InChI=1S/C11H19N3O2S/c1-3-17-7-4-11(15)13-10-8-12-14(9-10)5-6-16-2/h8-9H,3-7H2,1-2H3,(H,13,15). The SMILES string of the molecule is CCSCCC(=O)Nc1cnn(CCOC)c1. The number of methoxy groups -OCH3 is 1. The average Bonchev–Trinajstić information content (AvgIpc) is 2.74. The molecular formula is C11H19N3O2S. The van der Waals surface area contributed by atoms with Crippen molar-refractivity contribution in [3.63, 3.8) is 0 Å². The molecule has 0 fully saturated rings. The summed E-state index contributed by atoms with van der Waals surface area (Å²) in [5.41, 5.74) is 0.743. The van der Waals surface area contributed by atoms with Crippen LogP contribution in [0.3, 0.4) is 0 Å². The first kappa shape index (κ1) is 14.1. The van der Waals surface area contributed by atoms with Gasteiger partial charge in [0.25, 0.3) is 0 Å². The van der Waals surface area contributed by atoms with Gasteiger partial charge in [0.2, 0.25) is 5.91 Å². The Labute approximate surface area is 106 Å². The molecule has 96 valence electrons. The molecule has 6 heteroatoms. The van der Waals surface area contributed by atoms with Gasteiger partial charge in [0.1, 0.15) is 0 Å². The fourth-order valence-corrected chi connectivity index (χ4v) is 1.89.